The Morgan fingerprint density at radius 1 is 1.47 bits per heavy atom. The zero-order valence-electron chi connectivity index (χ0n) is 10.9. The average Bonchev–Trinajstić information content (AvgIpc) is 2.41. The quantitative estimate of drug-likeness (QED) is 0.893. The Morgan fingerprint density at radius 3 is 2.89 bits per heavy atom. The topological polar surface area (TPSA) is 46.3 Å². The van der Waals surface area contributed by atoms with Gasteiger partial charge in [0.25, 0.3) is 5.91 Å². The van der Waals surface area contributed by atoms with E-state index in [-0.39, 0.29) is 17.5 Å². The predicted octanol–water partition coefficient (Wildman–Crippen LogP) is 2.16. The van der Waals surface area contributed by atoms with Gasteiger partial charge in [-0.25, -0.2) is 8.78 Å². The van der Waals surface area contributed by atoms with Crippen LogP contribution in [-0.4, -0.2) is 29.9 Å². The van der Waals surface area contributed by atoms with Gasteiger partial charge in [-0.15, -0.1) is 0 Å². The number of carbonyl (C=O) groups excluding carboxylic acids is 1. The number of nitrogens with two attached hydrogens (primary N) is 1. The van der Waals surface area contributed by atoms with Crippen LogP contribution >= 0.6 is 0 Å². The first-order chi connectivity index (χ1) is 9.02. The molecule has 0 bridgehead atoms. The van der Waals surface area contributed by atoms with Crippen LogP contribution in [0.4, 0.5) is 8.78 Å². The summed E-state index contributed by atoms with van der Waals surface area (Å²) < 4.78 is 26.7. The van der Waals surface area contributed by atoms with Gasteiger partial charge >= 0.3 is 0 Å². The lowest BCUT2D eigenvalue weighted by Crippen LogP contribution is -2.49. The third-order valence-electron chi connectivity index (χ3n) is 3.76. The van der Waals surface area contributed by atoms with Crippen LogP contribution in [0.1, 0.15) is 30.1 Å². The fourth-order valence-corrected chi connectivity index (χ4v) is 2.50. The molecule has 0 aliphatic carbocycles. The van der Waals surface area contributed by atoms with Crippen molar-refractivity contribution in [3.05, 3.63) is 35.4 Å². The van der Waals surface area contributed by atoms with Crippen molar-refractivity contribution in [3.63, 3.8) is 0 Å². The zero-order chi connectivity index (χ0) is 14.0. The fraction of sp³-hybridized carbons (Fsp3) is 0.500. The molecule has 1 fully saturated rings. The molecule has 0 spiro atoms. The van der Waals surface area contributed by atoms with Gasteiger partial charge in [0.1, 0.15) is 11.6 Å². The van der Waals surface area contributed by atoms with Gasteiger partial charge in [0.15, 0.2) is 0 Å². The second kappa shape index (κ2) is 5.65. The number of hydrogen-bond donors (Lipinski definition) is 1. The number of halogens is 2. The number of hydrogen-bond acceptors (Lipinski definition) is 2. The van der Waals surface area contributed by atoms with E-state index in [4.69, 9.17) is 5.73 Å². The summed E-state index contributed by atoms with van der Waals surface area (Å²) in [5, 5.41) is 0. The second-order valence-corrected chi connectivity index (χ2v) is 5.00. The highest BCUT2D eigenvalue weighted by Crippen LogP contribution is 2.21. The first-order valence-electron chi connectivity index (χ1n) is 6.52. The van der Waals surface area contributed by atoms with Gasteiger partial charge in [-0.2, -0.15) is 0 Å². The number of carbonyl (C=O) groups is 1. The van der Waals surface area contributed by atoms with Gasteiger partial charge in [-0.1, -0.05) is 13.3 Å². The molecule has 0 radical (unpaired) electrons. The molecule has 5 heteroatoms. The molecule has 1 heterocycles. The highest BCUT2D eigenvalue weighted by Gasteiger charge is 2.29. The summed E-state index contributed by atoms with van der Waals surface area (Å²) in [6.45, 7) is 3.01. The Hall–Kier alpha value is -1.49. The maximum absolute atomic E-state index is 13.6. The van der Waals surface area contributed by atoms with Crippen molar-refractivity contribution in [1.29, 1.82) is 0 Å². The summed E-state index contributed by atoms with van der Waals surface area (Å²) in [5.41, 5.74) is 5.77. The van der Waals surface area contributed by atoms with Crippen LogP contribution in [0.15, 0.2) is 18.2 Å². The molecular weight excluding hydrogens is 250 g/mol. The minimum absolute atomic E-state index is 0.0754. The van der Waals surface area contributed by atoms with Crippen LogP contribution in [0, 0.1) is 17.6 Å². The van der Waals surface area contributed by atoms with Crippen molar-refractivity contribution >= 4 is 5.91 Å². The largest absolute Gasteiger partial charge is 0.338 e. The summed E-state index contributed by atoms with van der Waals surface area (Å²) in [5.74, 6) is -1.53. The molecule has 2 atom stereocenters. The summed E-state index contributed by atoms with van der Waals surface area (Å²) in [4.78, 5) is 13.8. The van der Waals surface area contributed by atoms with Crippen LogP contribution in [0.3, 0.4) is 0 Å². The van der Waals surface area contributed by atoms with E-state index in [1.165, 1.54) is 0 Å². The van der Waals surface area contributed by atoms with Crippen molar-refractivity contribution in [2.45, 2.75) is 25.8 Å². The Labute approximate surface area is 111 Å². The Kier molecular flexibility index (Phi) is 4.14. The first-order valence-corrected chi connectivity index (χ1v) is 6.52. The van der Waals surface area contributed by atoms with Crippen LogP contribution in [0.2, 0.25) is 0 Å². The highest BCUT2D eigenvalue weighted by molar-refractivity contribution is 5.94. The molecule has 2 N–H and O–H groups in total. The van der Waals surface area contributed by atoms with E-state index in [9.17, 15) is 13.6 Å². The van der Waals surface area contributed by atoms with Gasteiger partial charge in [0.2, 0.25) is 0 Å². The fourth-order valence-electron chi connectivity index (χ4n) is 2.50. The Bertz CT molecular complexity index is 479. The van der Waals surface area contributed by atoms with Crippen LogP contribution < -0.4 is 5.73 Å². The zero-order valence-corrected chi connectivity index (χ0v) is 10.9. The number of benzene rings is 1. The molecule has 1 amide bonds. The minimum atomic E-state index is -0.686. The third-order valence-corrected chi connectivity index (χ3v) is 3.76. The van der Waals surface area contributed by atoms with E-state index in [1.807, 2.05) is 6.92 Å². The lowest BCUT2D eigenvalue weighted by atomic mass is 9.90. The normalized spacial score (nSPS) is 23.5. The first kappa shape index (κ1) is 13.9. The molecule has 0 aromatic heterocycles. The van der Waals surface area contributed by atoms with Crippen molar-refractivity contribution in [1.82, 2.24) is 4.90 Å². The molecule has 0 saturated carbocycles. The summed E-state index contributed by atoms with van der Waals surface area (Å²) in [7, 11) is 0. The van der Waals surface area contributed by atoms with E-state index < -0.39 is 17.5 Å². The van der Waals surface area contributed by atoms with Crippen molar-refractivity contribution < 1.29 is 13.6 Å². The number of amides is 1. The highest BCUT2D eigenvalue weighted by atomic mass is 19.1. The molecule has 1 aliphatic rings. The molecule has 104 valence electrons. The van der Waals surface area contributed by atoms with E-state index in [1.54, 1.807) is 4.90 Å². The van der Waals surface area contributed by atoms with Gasteiger partial charge in [0, 0.05) is 19.1 Å². The smallest absolute Gasteiger partial charge is 0.256 e. The van der Waals surface area contributed by atoms with Gasteiger partial charge < -0.3 is 10.6 Å². The van der Waals surface area contributed by atoms with Gasteiger partial charge in [0.05, 0.1) is 5.56 Å². The summed E-state index contributed by atoms with van der Waals surface area (Å²) in [6.07, 6.45) is 1.57. The molecule has 2 unspecified atom stereocenters. The molecule has 2 rings (SSSR count). The number of likely N-dealkylation sites (tertiary alicyclic amines) is 1. The van der Waals surface area contributed by atoms with Crippen molar-refractivity contribution in [2.24, 2.45) is 11.7 Å². The number of nitrogens with zero attached hydrogens (tertiary/aromatic N) is 1. The molecule has 1 saturated heterocycles. The molecular formula is C14H18F2N2O. The maximum atomic E-state index is 13.6. The average molecular weight is 268 g/mol. The summed E-state index contributed by atoms with van der Waals surface area (Å²) >= 11 is 0. The molecule has 1 aromatic rings. The van der Waals surface area contributed by atoms with Crippen molar-refractivity contribution in [3.8, 4) is 0 Å². The molecule has 1 aromatic carbocycles. The van der Waals surface area contributed by atoms with Gasteiger partial charge in [-0.3, -0.25) is 4.79 Å². The van der Waals surface area contributed by atoms with Crippen LogP contribution in [-0.2, 0) is 0 Å². The van der Waals surface area contributed by atoms with Crippen molar-refractivity contribution in [2.75, 3.05) is 13.1 Å². The van der Waals surface area contributed by atoms with Crippen LogP contribution in [0.5, 0.6) is 0 Å². The van der Waals surface area contributed by atoms with Crippen LogP contribution in [0.25, 0.3) is 0 Å². The molecule has 1 aliphatic heterocycles. The van der Waals surface area contributed by atoms with E-state index in [2.05, 4.69) is 0 Å². The molecule has 19 heavy (non-hydrogen) atoms. The lowest BCUT2D eigenvalue weighted by Gasteiger charge is -2.36. The SMILES string of the molecule is CCC1CN(C(=O)c2cc(F)ccc2F)CCC1N. The third kappa shape index (κ3) is 2.92. The van der Waals surface area contributed by atoms with Gasteiger partial charge in [-0.05, 0) is 30.5 Å². The maximum Gasteiger partial charge on any atom is 0.256 e. The Morgan fingerprint density at radius 2 is 2.21 bits per heavy atom. The second-order valence-electron chi connectivity index (χ2n) is 5.00. The number of piperidine rings is 1. The summed E-state index contributed by atoms with van der Waals surface area (Å²) in [6, 6.07) is 3.02. The standard InChI is InChI=1S/C14H18F2N2O/c1-2-9-8-18(6-5-13(9)17)14(19)11-7-10(15)3-4-12(11)16/h3-4,7,9,13H,2,5-6,8,17H2,1H3. The molecule has 3 nitrogen and oxygen atoms in total. The lowest BCUT2D eigenvalue weighted by molar-refractivity contribution is 0.0644. The number of rotatable bonds is 2. The monoisotopic (exact) mass is 268 g/mol. The van der Waals surface area contributed by atoms with E-state index >= 15 is 0 Å². The predicted molar refractivity (Wildman–Crippen MR) is 68.6 cm³/mol. The van der Waals surface area contributed by atoms with E-state index in [0.29, 0.717) is 19.5 Å². The minimum Gasteiger partial charge on any atom is -0.338 e. The Balaban J connectivity index is 2.18. The van der Waals surface area contributed by atoms with E-state index in [0.717, 1.165) is 24.6 Å².